The van der Waals surface area contributed by atoms with E-state index in [4.69, 9.17) is 11.1 Å². The highest BCUT2D eigenvalue weighted by molar-refractivity contribution is 5.76. The number of pyridine rings is 1. The fourth-order valence-electron chi connectivity index (χ4n) is 1.93. The van der Waals surface area contributed by atoms with Gasteiger partial charge in [-0.2, -0.15) is 0 Å². The number of aromatic nitrogens is 1. The predicted octanol–water partition coefficient (Wildman–Crippen LogP) is 1.91. The Hall–Kier alpha value is -1.42. The van der Waals surface area contributed by atoms with E-state index >= 15 is 0 Å². The zero-order chi connectivity index (χ0) is 13.4. The van der Waals surface area contributed by atoms with Crippen molar-refractivity contribution in [1.82, 2.24) is 9.88 Å². The Balaban J connectivity index is 2.42. The van der Waals surface area contributed by atoms with Crippen molar-refractivity contribution in [3.8, 4) is 0 Å². The molecular formula is C14H24N4. The first-order chi connectivity index (χ1) is 8.58. The van der Waals surface area contributed by atoms with Crippen molar-refractivity contribution in [3.05, 3.63) is 30.1 Å². The van der Waals surface area contributed by atoms with Crippen LogP contribution in [0, 0.1) is 11.3 Å². The van der Waals surface area contributed by atoms with E-state index in [0.29, 0.717) is 12.3 Å². The summed E-state index contributed by atoms with van der Waals surface area (Å²) >= 11 is 0. The second-order valence-electron chi connectivity index (χ2n) is 5.08. The first-order valence-electron chi connectivity index (χ1n) is 6.52. The van der Waals surface area contributed by atoms with E-state index in [9.17, 15) is 0 Å². The van der Waals surface area contributed by atoms with Crippen molar-refractivity contribution in [2.45, 2.75) is 26.7 Å². The summed E-state index contributed by atoms with van der Waals surface area (Å²) in [6, 6.07) is 4.11. The van der Waals surface area contributed by atoms with Gasteiger partial charge in [-0.05, 0) is 30.0 Å². The zero-order valence-corrected chi connectivity index (χ0v) is 11.4. The topological polar surface area (TPSA) is 66.0 Å². The van der Waals surface area contributed by atoms with Crippen LogP contribution in [0.1, 0.15) is 25.8 Å². The van der Waals surface area contributed by atoms with Gasteiger partial charge in [0.05, 0.1) is 5.84 Å². The quantitative estimate of drug-likeness (QED) is 0.545. The standard InChI is InChI=1S/C14H24N4/c1-12(2)11-18(10-6-14(15)16)9-5-13-3-7-17-8-4-13/h3-4,7-8,12H,5-6,9-11H2,1-2H3,(H3,15,16). The molecule has 4 nitrogen and oxygen atoms in total. The first-order valence-corrected chi connectivity index (χ1v) is 6.52. The predicted molar refractivity (Wildman–Crippen MR) is 75.8 cm³/mol. The number of hydrogen-bond donors (Lipinski definition) is 2. The van der Waals surface area contributed by atoms with Crippen LogP contribution in [0.15, 0.2) is 24.5 Å². The molecule has 0 aliphatic rings. The highest BCUT2D eigenvalue weighted by Gasteiger charge is 2.08. The molecule has 0 saturated carbocycles. The van der Waals surface area contributed by atoms with E-state index in [2.05, 4.69) is 35.9 Å². The number of rotatable bonds is 8. The van der Waals surface area contributed by atoms with Crippen LogP contribution in [0.3, 0.4) is 0 Å². The molecular weight excluding hydrogens is 224 g/mol. The van der Waals surface area contributed by atoms with Crippen LogP contribution in [0.25, 0.3) is 0 Å². The van der Waals surface area contributed by atoms with Crippen LogP contribution in [-0.4, -0.2) is 35.4 Å². The van der Waals surface area contributed by atoms with Gasteiger partial charge in [0.25, 0.3) is 0 Å². The lowest BCUT2D eigenvalue weighted by Gasteiger charge is -2.24. The number of nitrogens with one attached hydrogen (secondary N) is 1. The second-order valence-corrected chi connectivity index (χ2v) is 5.08. The minimum atomic E-state index is 0.271. The molecule has 4 heteroatoms. The normalized spacial score (nSPS) is 11.1. The summed E-state index contributed by atoms with van der Waals surface area (Å²) < 4.78 is 0. The smallest absolute Gasteiger partial charge is 0.0918 e. The average Bonchev–Trinajstić information content (AvgIpc) is 2.33. The lowest BCUT2D eigenvalue weighted by Crippen LogP contribution is -2.33. The fraction of sp³-hybridized carbons (Fsp3) is 0.571. The van der Waals surface area contributed by atoms with E-state index in [-0.39, 0.29) is 5.84 Å². The first kappa shape index (κ1) is 14.6. The molecule has 0 amide bonds. The largest absolute Gasteiger partial charge is 0.388 e. The Morgan fingerprint density at radius 1 is 1.33 bits per heavy atom. The van der Waals surface area contributed by atoms with E-state index < -0.39 is 0 Å². The van der Waals surface area contributed by atoms with Crippen molar-refractivity contribution in [2.24, 2.45) is 11.7 Å². The summed E-state index contributed by atoms with van der Waals surface area (Å²) in [5.74, 6) is 0.905. The Bertz CT molecular complexity index is 348. The van der Waals surface area contributed by atoms with E-state index in [1.54, 1.807) is 0 Å². The summed E-state index contributed by atoms with van der Waals surface area (Å²) in [6.07, 6.45) is 5.34. The molecule has 0 saturated heterocycles. The molecule has 0 spiro atoms. The van der Waals surface area contributed by atoms with Crippen LogP contribution in [0.4, 0.5) is 0 Å². The highest BCUT2D eigenvalue weighted by atomic mass is 15.1. The maximum Gasteiger partial charge on any atom is 0.0918 e. The van der Waals surface area contributed by atoms with Crippen molar-refractivity contribution in [2.75, 3.05) is 19.6 Å². The minimum Gasteiger partial charge on any atom is -0.388 e. The third-order valence-electron chi connectivity index (χ3n) is 2.79. The number of amidine groups is 1. The number of nitrogens with two attached hydrogens (primary N) is 1. The lowest BCUT2D eigenvalue weighted by atomic mass is 10.1. The van der Waals surface area contributed by atoms with Crippen LogP contribution < -0.4 is 5.73 Å². The Kier molecular flexibility index (Phi) is 6.36. The fourth-order valence-corrected chi connectivity index (χ4v) is 1.93. The molecule has 1 aromatic heterocycles. The summed E-state index contributed by atoms with van der Waals surface area (Å²) in [5, 5.41) is 7.31. The molecule has 0 aromatic carbocycles. The third kappa shape index (κ3) is 6.35. The molecule has 1 heterocycles. The summed E-state index contributed by atoms with van der Waals surface area (Å²) in [7, 11) is 0. The van der Waals surface area contributed by atoms with Gasteiger partial charge in [-0.15, -0.1) is 0 Å². The molecule has 1 aromatic rings. The minimum absolute atomic E-state index is 0.271. The molecule has 0 unspecified atom stereocenters. The van der Waals surface area contributed by atoms with Gasteiger partial charge in [0, 0.05) is 38.4 Å². The molecule has 0 atom stereocenters. The van der Waals surface area contributed by atoms with Crippen LogP contribution in [-0.2, 0) is 6.42 Å². The molecule has 100 valence electrons. The van der Waals surface area contributed by atoms with Gasteiger partial charge in [0.1, 0.15) is 0 Å². The van der Waals surface area contributed by atoms with Gasteiger partial charge in [-0.3, -0.25) is 10.4 Å². The van der Waals surface area contributed by atoms with Crippen molar-refractivity contribution in [1.29, 1.82) is 5.41 Å². The molecule has 0 bridgehead atoms. The lowest BCUT2D eigenvalue weighted by molar-refractivity contribution is 0.253. The maximum absolute atomic E-state index is 7.31. The Morgan fingerprint density at radius 3 is 2.56 bits per heavy atom. The second kappa shape index (κ2) is 7.82. The molecule has 1 rings (SSSR count). The van der Waals surface area contributed by atoms with Crippen molar-refractivity contribution in [3.63, 3.8) is 0 Å². The SMILES string of the molecule is CC(C)CN(CCC(=N)N)CCc1ccncc1. The van der Waals surface area contributed by atoms with Gasteiger partial charge in [0.2, 0.25) is 0 Å². The molecule has 0 aliphatic carbocycles. The summed E-state index contributed by atoms with van der Waals surface area (Å²) in [6.45, 7) is 7.37. The molecule has 3 N–H and O–H groups in total. The number of hydrogen-bond acceptors (Lipinski definition) is 3. The molecule has 0 radical (unpaired) electrons. The monoisotopic (exact) mass is 248 g/mol. The third-order valence-corrected chi connectivity index (χ3v) is 2.79. The van der Waals surface area contributed by atoms with Crippen molar-refractivity contribution >= 4 is 5.84 Å². The molecule has 0 aliphatic heterocycles. The van der Waals surface area contributed by atoms with Crippen molar-refractivity contribution < 1.29 is 0 Å². The zero-order valence-electron chi connectivity index (χ0n) is 11.4. The van der Waals surface area contributed by atoms with Crippen LogP contribution in [0.5, 0.6) is 0 Å². The van der Waals surface area contributed by atoms with E-state index in [1.165, 1.54) is 5.56 Å². The Labute approximate surface area is 110 Å². The average molecular weight is 248 g/mol. The van der Waals surface area contributed by atoms with Gasteiger partial charge >= 0.3 is 0 Å². The van der Waals surface area contributed by atoms with Gasteiger partial charge in [-0.1, -0.05) is 13.8 Å². The summed E-state index contributed by atoms with van der Waals surface area (Å²) in [4.78, 5) is 6.40. The van der Waals surface area contributed by atoms with Gasteiger partial charge in [0.15, 0.2) is 0 Å². The van der Waals surface area contributed by atoms with Gasteiger partial charge in [-0.25, -0.2) is 0 Å². The van der Waals surface area contributed by atoms with Gasteiger partial charge < -0.3 is 10.6 Å². The van der Waals surface area contributed by atoms with E-state index in [0.717, 1.165) is 26.1 Å². The number of nitrogens with zero attached hydrogens (tertiary/aromatic N) is 2. The van der Waals surface area contributed by atoms with Crippen LogP contribution in [0.2, 0.25) is 0 Å². The summed E-state index contributed by atoms with van der Waals surface area (Å²) in [5.41, 5.74) is 6.73. The highest BCUT2D eigenvalue weighted by Crippen LogP contribution is 2.04. The van der Waals surface area contributed by atoms with E-state index in [1.807, 2.05) is 12.4 Å². The molecule has 0 fully saturated rings. The Morgan fingerprint density at radius 2 is 2.00 bits per heavy atom. The molecule has 18 heavy (non-hydrogen) atoms. The maximum atomic E-state index is 7.31. The van der Waals surface area contributed by atoms with Crippen LogP contribution >= 0.6 is 0 Å².